The van der Waals surface area contributed by atoms with Crippen molar-refractivity contribution in [1.29, 1.82) is 0 Å². The van der Waals surface area contributed by atoms with E-state index in [4.69, 9.17) is 6.42 Å². The minimum atomic E-state index is 0.0653. The molecule has 0 aliphatic heterocycles. The Balaban J connectivity index is 2.53. The molecule has 0 radical (unpaired) electrons. The maximum Gasteiger partial charge on any atom is 0.0284 e. The molecule has 1 rings (SSSR count). The molecule has 74 valence electrons. The van der Waals surface area contributed by atoms with Gasteiger partial charge in [-0.25, -0.2) is 0 Å². The monoisotopic (exact) mass is 186 g/mol. The lowest BCUT2D eigenvalue weighted by molar-refractivity contribution is 0.397. The van der Waals surface area contributed by atoms with Crippen molar-refractivity contribution in [2.45, 2.75) is 33.1 Å². The van der Waals surface area contributed by atoms with Crippen molar-refractivity contribution >= 4 is 0 Å². The molecule has 14 heavy (non-hydrogen) atoms. The molecule has 1 aromatic carbocycles. The summed E-state index contributed by atoms with van der Waals surface area (Å²) in [5.74, 6) is 2.90. The summed E-state index contributed by atoms with van der Waals surface area (Å²) in [5.41, 5.74) is 1.44. The van der Waals surface area contributed by atoms with Gasteiger partial charge in [-0.2, -0.15) is 0 Å². The number of hydrogen-bond donors (Lipinski definition) is 0. The Morgan fingerprint density at radius 1 is 1.29 bits per heavy atom. The van der Waals surface area contributed by atoms with Gasteiger partial charge in [0.15, 0.2) is 0 Å². The molecule has 0 aliphatic rings. The summed E-state index contributed by atoms with van der Waals surface area (Å²) in [6, 6.07) is 10.5. The van der Waals surface area contributed by atoms with Crippen LogP contribution in [0.5, 0.6) is 0 Å². The Morgan fingerprint density at radius 3 is 2.43 bits per heavy atom. The topological polar surface area (TPSA) is 0 Å². The largest absolute Gasteiger partial charge is 0.120 e. The summed E-state index contributed by atoms with van der Waals surface area (Å²) < 4.78 is 0. The van der Waals surface area contributed by atoms with E-state index in [2.05, 4.69) is 44.0 Å². The van der Waals surface area contributed by atoms with Crippen molar-refractivity contribution in [3.63, 3.8) is 0 Å². The van der Waals surface area contributed by atoms with Crippen LogP contribution in [0, 0.1) is 17.8 Å². The lowest BCUT2D eigenvalue weighted by Gasteiger charge is -2.21. The highest BCUT2D eigenvalue weighted by molar-refractivity contribution is 5.16. The lowest BCUT2D eigenvalue weighted by atomic mass is 9.83. The third-order valence-corrected chi connectivity index (χ3v) is 2.94. The van der Waals surface area contributed by atoms with Gasteiger partial charge in [-0.05, 0) is 31.7 Å². The highest BCUT2D eigenvalue weighted by Gasteiger charge is 2.17. The van der Waals surface area contributed by atoms with E-state index in [-0.39, 0.29) is 5.41 Å². The SMILES string of the molecule is C#CC(C)(CC)CCc1ccccc1. The average molecular weight is 186 g/mol. The zero-order valence-electron chi connectivity index (χ0n) is 9.09. The lowest BCUT2D eigenvalue weighted by Crippen LogP contribution is -2.13. The Morgan fingerprint density at radius 2 is 1.93 bits per heavy atom. The Kier molecular flexibility index (Phi) is 3.77. The molecule has 0 fully saturated rings. The Labute approximate surface area is 87.4 Å². The van der Waals surface area contributed by atoms with Gasteiger partial charge < -0.3 is 0 Å². The second-order valence-electron chi connectivity index (χ2n) is 4.04. The summed E-state index contributed by atoms with van der Waals surface area (Å²) >= 11 is 0. The van der Waals surface area contributed by atoms with Crippen molar-refractivity contribution in [2.24, 2.45) is 5.41 Å². The van der Waals surface area contributed by atoms with Crippen LogP contribution >= 0.6 is 0 Å². The van der Waals surface area contributed by atoms with Gasteiger partial charge in [0.1, 0.15) is 0 Å². The highest BCUT2D eigenvalue weighted by atomic mass is 14.2. The Bertz CT molecular complexity index is 305. The molecule has 0 aromatic heterocycles. The molecular formula is C14H18. The van der Waals surface area contributed by atoms with Gasteiger partial charge in [0.05, 0.1) is 0 Å². The van der Waals surface area contributed by atoms with Gasteiger partial charge in [0.2, 0.25) is 0 Å². The van der Waals surface area contributed by atoms with Crippen LogP contribution < -0.4 is 0 Å². The molecule has 1 atom stereocenters. The molecule has 0 heterocycles. The fourth-order valence-corrected chi connectivity index (χ4v) is 1.42. The molecule has 1 aromatic rings. The van der Waals surface area contributed by atoms with Crippen molar-refractivity contribution < 1.29 is 0 Å². The first-order valence-corrected chi connectivity index (χ1v) is 5.22. The number of benzene rings is 1. The van der Waals surface area contributed by atoms with E-state index in [0.29, 0.717) is 0 Å². The molecular weight excluding hydrogens is 168 g/mol. The smallest absolute Gasteiger partial charge is 0.0284 e. The first-order chi connectivity index (χ1) is 6.70. The van der Waals surface area contributed by atoms with E-state index in [1.807, 2.05) is 6.07 Å². The van der Waals surface area contributed by atoms with Crippen LogP contribution in [-0.2, 0) is 6.42 Å². The van der Waals surface area contributed by atoms with E-state index in [1.165, 1.54) is 5.56 Å². The second-order valence-corrected chi connectivity index (χ2v) is 4.04. The van der Waals surface area contributed by atoms with Crippen LogP contribution in [0.2, 0.25) is 0 Å². The first-order valence-electron chi connectivity index (χ1n) is 5.22. The molecule has 0 aliphatic carbocycles. The van der Waals surface area contributed by atoms with Crippen molar-refractivity contribution in [1.82, 2.24) is 0 Å². The third-order valence-electron chi connectivity index (χ3n) is 2.94. The van der Waals surface area contributed by atoms with E-state index in [1.54, 1.807) is 0 Å². The van der Waals surface area contributed by atoms with Gasteiger partial charge in [-0.1, -0.05) is 37.3 Å². The zero-order valence-corrected chi connectivity index (χ0v) is 9.09. The molecule has 0 amide bonds. The number of aryl methyl sites for hydroxylation is 1. The average Bonchev–Trinajstić information content (AvgIpc) is 2.27. The van der Waals surface area contributed by atoms with Gasteiger partial charge >= 0.3 is 0 Å². The predicted molar refractivity (Wildman–Crippen MR) is 62.0 cm³/mol. The minimum Gasteiger partial charge on any atom is -0.120 e. The van der Waals surface area contributed by atoms with Crippen LogP contribution in [0.15, 0.2) is 30.3 Å². The number of terminal acetylenes is 1. The molecule has 0 spiro atoms. The molecule has 1 unspecified atom stereocenters. The minimum absolute atomic E-state index is 0.0653. The summed E-state index contributed by atoms with van der Waals surface area (Å²) in [7, 11) is 0. The summed E-state index contributed by atoms with van der Waals surface area (Å²) in [5, 5.41) is 0. The number of rotatable bonds is 4. The van der Waals surface area contributed by atoms with E-state index >= 15 is 0 Å². The molecule has 0 saturated carbocycles. The van der Waals surface area contributed by atoms with Crippen LogP contribution in [0.3, 0.4) is 0 Å². The normalized spacial score (nSPS) is 14.4. The van der Waals surface area contributed by atoms with Crippen molar-refractivity contribution in [3.8, 4) is 12.3 Å². The second kappa shape index (κ2) is 4.86. The standard InChI is InChI=1S/C14H18/c1-4-14(3,5-2)12-11-13-9-7-6-8-10-13/h1,6-10H,5,11-12H2,2-3H3. The molecule has 0 heteroatoms. The summed E-state index contributed by atoms with van der Waals surface area (Å²) in [4.78, 5) is 0. The third kappa shape index (κ3) is 2.92. The predicted octanol–water partition coefficient (Wildman–Crippen LogP) is 3.67. The summed E-state index contributed by atoms with van der Waals surface area (Å²) in [6.07, 6.45) is 8.74. The van der Waals surface area contributed by atoms with Gasteiger partial charge in [0, 0.05) is 5.41 Å². The molecule has 0 saturated heterocycles. The fourth-order valence-electron chi connectivity index (χ4n) is 1.42. The fraction of sp³-hybridized carbons (Fsp3) is 0.429. The van der Waals surface area contributed by atoms with Crippen LogP contribution in [0.4, 0.5) is 0 Å². The summed E-state index contributed by atoms with van der Waals surface area (Å²) in [6.45, 7) is 4.32. The van der Waals surface area contributed by atoms with Crippen molar-refractivity contribution in [2.75, 3.05) is 0 Å². The maximum atomic E-state index is 5.53. The Hall–Kier alpha value is -1.22. The van der Waals surface area contributed by atoms with Gasteiger partial charge in [-0.15, -0.1) is 12.3 Å². The van der Waals surface area contributed by atoms with Crippen molar-refractivity contribution in [3.05, 3.63) is 35.9 Å². The van der Waals surface area contributed by atoms with Crippen LogP contribution in [-0.4, -0.2) is 0 Å². The first kappa shape index (κ1) is 10.9. The van der Waals surface area contributed by atoms with E-state index in [0.717, 1.165) is 19.3 Å². The molecule has 0 bridgehead atoms. The maximum absolute atomic E-state index is 5.53. The molecule has 0 nitrogen and oxygen atoms in total. The van der Waals surface area contributed by atoms with Crippen LogP contribution in [0.25, 0.3) is 0 Å². The van der Waals surface area contributed by atoms with E-state index < -0.39 is 0 Å². The quantitative estimate of drug-likeness (QED) is 0.629. The van der Waals surface area contributed by atoms with Gasteiger partial charge in [-0.3, -0.25) is 0 Å². The van der Waals surface area contributed by atoms with E-state index in [9.17, 15) is 0 Å². The zero-order chi connectivity index (χ0) is 10.4. The number of hydrogen-bond acceptors (Lipinski definition) is 0. The van der Waals surface area contributed by atoms with Gasteiger partial charge in [0.25, 0.3) is 0 Å². The molecule has 0 N–H and O–H groups in total. The van der Waals surface area contributed by atoms with Crippen LogP contribution in [0.1, 0.15) is 32.3 Å². The highest BCUT2D eigenvalue weighted by Crippen LogP contribution is 2.26.